The lowest BCUT2D eigenvalue weighted by Gasteiger charge is -2.22. The first-order valence-corrected chi connectivity index (χ1v) is 10.3. The number of alkyl halides is 1. The molecule has 2 aromatic rings. The Balaban J connectivity index is 1.48. The number of nitro benzene ring substituents is 1. The first kappa shape index (κ1) is 20.4. The molecule has 0 saturated carbocycles. The molecule has 2 aliphatic heterocycles. The van der Waals surface area contributed by atoms with Crippen LogP contribution in [0, 0.1) is 10.1 Å². The molecule has 4 rings (SSSR count). The van der Waals surface area contributed by atoms with Crippen molar-refractivity contribution in [2.24, 2.45) is 0 Å². The van der Waals surface area contributed by atoms with E-state index < -0.39 is 16.8 Å². The van der Waals surface area contributed by atoms with Crippen molar-refractivity contribution in [1.82, 2.24) is 4.90 Å². The molecule has 0 aromatic heterocycles. The van der Waals surface area contributed by atoms with Crippen molar-refractivity contribution >= 4 is 33.4 Å². The molecule has 154 valence electrons. The number of rotatable bonds is 6. The number of hydrogen-bond acceptors (Lipinski definition) is 6. The minimum absolute atomic E-state index is 0.0357. The maximum atomic E-state index is 12.5. The van der Waals surface area contributed by atoms with E-state index in [1.807, 2.05) is 0 Å². The minimum Gasteiger partial charge on any atom is -0.343 e. The number of amides is 2. The topological polar surface area (TPSA) is 99.0 Å². The van der Waals surface area contributed by atoms with Gasteiger partial charge in [-0.25, -0.2) is 0 Å². The predicted octanol–water partition coefficient (Wildman–Crippen LogP) is 3.63. The summed E-state index contributed by atoms with van der Waals surface area (Å²) in [6.07, 6.45) is 2.64. The quantitative estimate of drug-likeness (QED) is 0.209. The fraction of sp³-hybridized carbons (Fsp3) is 0.238. The number of fused-ring (bicyclic) bond motifs is 1. The Bertz CT molecular complexity index is 1020. The Hall–Kier alpha value is -2.88. The van der Waals surface area contributed by atoms with E-state index in [0.29, 0.717) is 16.7 Å². The molecule has 2 aromatic carbocycles. The van der Waals surface area contributed by atoms with Gasteiger partial charge in [0.2, 0.25) is 0 Å². The molecule has 9 heteroatoms. The van der Waals surface area contributed by atoms with Crippen molar-refractivity contribution in [2.75, 3.05) is 18.5 Å². The van der Waals surface area contributed by atoms with Gasteiger partial charge in [0, 0.05) is 12.6 Å². The average molecular weight is 473 g/mol. The van der Waals surface area contributed by atoms with Crippen LogP contribution >= 0.6 is 15.9 Å². The van der Waals surface area contributed by atoms with Gasteiger partial charge in [0.15, 0.2) is 5.79 Å². The van der Waals surface area contributed by atoms with Crippen molar-refractivity contribution in [1.29, 1.82) is 0 Å². The second-order valence-corrected chi connectivity index (χ2v) is 7.41. The molecule has 2 amide bonds. The molecular weight excluding hydrogens is 456 g/mol. The molecule has 0 bridgehead atoms. The molecule has 2 unspecified atom stereocenters. The number of para-hydroxylation sites is 1. The minimum atomic E-state index is -1.16. The lowest BCUT2D eigenvalue weighted by Crippen LogP contribution is -2.32. The van der Waals surface area contributed by atoms with Gasteiger partial charge in [-0.2, -0.15) is 0 Å². The fourth-order valence-electron chi connectivity index (χ4n) is 3.55. The van der Waals surface area contributed by atoms with Gasteiger partial charge in [-0.1, -0.05) is 46.3 Å². The van der Waals surface area contributed by atoms with Crippen LogP contribution in [-0.4, -0.2) is 45.9 Å². The van der Waals surface area contributed by atoms with Gasteiger partial charge in [0.05, 0.1) is 33.6 Å². The summed E-state index contributed by atoms with van der Waals surface area (Å²) in [6.45, 7) is 0.192. The number of hydrogen-bond donors (Lipinski definition) is 0. The summed E-state index contributed by atoms with van der Waals surface area (Å²) in [4.78, 5) is 36.9. The van der Waals surface area contributed by atoms with Crippen molar-refractivity contribution in [3.8, 4) is 0 Å². The van der Waals surface area contributed by atoms with E-state index in [0.717, 1.165) is 4.90 Å². The van der Waals surface area contributed by atoms with E-state index in [9.17, 15) is 19.7 Å². The zero-order chi connectivity index (χ0) is 21.3. The summed E-state index contributed by atoms with van der Waals surface area (Å²) in [5, 5.41) is 11.6. The number of ether oxygens (including phenoxy) is 2. The lowest BCUT2D eigenvalue weighted by molar-refractivity contribution is -0.386. The number of halogens is 1. The molecule has 2 atom stereocenters. The molecule has 8 nitrogen and oxygen atoms in total. The number of nitro groups is 1. The predicted molar refractivity (Wildman–Crippen MR) is 110 cm³/mol. The highest BCUT2D eigenvalue weighted by atomic mass is 79.9. The van der Waals surface area contributed by atoms with Crippen LogP contribution in [0.2, 0.25) is 0 Å². The van der Waals surface area contributed by atoms with Gasteiger partial charge < -0.3 is 9.47 Å². The standard InChI is InChI=1S/C21H17BrN2O6/c22-13-21(29-12-18(30-21)16-8-3-4-9-17(16)24(27)28)10-5-11-23-19(25)14-6-1-2-7-15(14)20(23)26/h1-10,18H,11-13H2. The summed E-state index contributed by atoms with van der Waals surface area (Å²) in [6, 6.07) is 13.0. The van der Waals surface area contributed by atoms with Crippen LogP contribution in [0.25, 0.3) is 0 Å². The van der Waals surface area contributed by atoms with Crippen molar-refractivity contribution in [3.63, 3.8) is 0 Å². The molecule has 2 aliphatic rings. The van der Waals surface area contributed by atoms with Crippen LogP contribution in [0.3, 0.4) is 0 Å². The van der Waals surface area contributed by atoms with Gasteiger partial charge in [-0.05, 0) is 24.3 Å². The van der Waals surface area contributed by atoms with Crippen LogP contribution in [0.1, 0.15) is 32.4 Å². The first-order valence-electron chi connectivity index (χ1n) is 9.20. The van der Waals surface area contributed by atoms with Gasteiger partial charge in [0.25, 0.3) is 17.5 Å². The van der Waals surface area contributed by atoms with Gasteiger partial charge in [0.1, 0.15) is 6.10 Å². The Morgan fingerprint density at radius 2 is 1.77 bits per heavy atom. The van der Waals surface area contributed by atoms with E-state index in [1.54, 1.807) is 54.6 Å². The summed E-state index contributed by atoms with van der Waals surface area (Å²) in [5.74, 6) is -1.86. The number of nitrogens with zero attached hydrogens (tertiary/aromatic N) is 2. The van der Waals surface area contributed by atoms with Gasteiger partial charge in [-0.3, -0.25) is 24.6 Å². The second kappa shape index (κ2) is 8.10. The molecule has 30 heavy (non-hydrogen) atoms. The average Bonchev–Trinajstić information content (AvgIpc) is 3.30. The molecular formula is C21H17BrN2O6. The summed E-state index contributed by atoms with van der Waals surface area (Å²) in [7, 11) is 0. The maximum absolute atomic E-state index is 12.5. The highest BCUT2D eigenvalue weighted by Crippen LogP contribution is 2.39. The molecule has 0 N–H and O–H groups in total. The van der Waals surface area contributed by atoms with E-state index in [4.69, 9.17) is 9.47 Å². The Morgan fingerprint density at radius 3 is 2.40 bits per heavy atom. The summed E-state index contributed by atoms with van der Waals surface area (Å²) in [5.41, 5.74) is 1.16. The Kier molecular flexibility index (Phi) is 5.50. The molecule has 1 saturated heterocycles. The lowest BCUT2D eigenvalue weighted by atomic mass is 10.1. The van der Waals surface area contributed by atoms with Crippen LogP contribution in [-0.2, 0) is 9.47 Å². The van der Waals surface area contributed by atoms with Crippen LogP contribution in [0.15, 0.2) is 60.7 Å². The first-order chi connectivity index (χ1) is 14.5. The van der Waals surface area contributed by atoms with E-state index in [1.165, 1.54) is 6.07 Å². The van der Waals surface area contributed by atoms with Crippen LogP contribution < -0.4 is 0 Å². The third-order valence-corrected chi connectivity index (χ3v) is 5.81. The Labute approximate surface area is 180 Å². The van der Waals surface area contributed by atoms with Crippen molar-refractivity contribution in [3.05, 3.63) is 87.5 Å². The molecule has 1 fully saturated rings. The highest BCUT2D eigenvalue weighted by Gasteiger charge is 2.41. The fourth-order valence-corrected chi connectivity index (χ4v) is 4.03. The van der Waals surface area contributed by atoms with E-state index in [2.05, 4.69) is 15.9 Å². The molecule has 0 radical (unpaired) electrons. The second-order valence-electron chi connectivity index (χ2n) is 6.85. The third-order valence-electron chi connectivity index (χ3n) is 5.03. The molecule has 0 aliphatic carbocycles. The summed E-state index contributed by atoms with van der Waals surface area (Å²) < 4.78 is 11.8. The number of carbonyl (C=O) groups excluding carboxylic acids is 2. The van der Waals surface area contributed by atoms with E-state index >= 15 is 0 Å². The Morgan fingerprint density at radius 1 is 1.13 bits per heavy atom. The zero-order valence-electron chi connectivity index (χ0n) is 15.7. The van der Waals surface area contributed by atoms with E-state index in [-0.39, 0.29) is 36.0 Å². The normalized spacial score (nSPS) is 23.4. The van der Waals surface area contributed by atoms with Crippen LogP contribution in [0.5, 0.6) is 0 Å². The van der Waals surface area contributed by atoms with Crippen molar-refractivity contribution < 1.29 is 24.0 Å². The smallest absolute Gasteiger partial charge is 0.275 e. The zero-order valence-corrected chi connectivity index (χ0v) is 17.3. The third kappa shape index (κ3) is 3.55. The largest absolute Gasteiger partial charge is 0.343 e. The number of carbonyl (C=O) groups is 2. The number of imide groups is 1. The van der Waals surface area contributed by atoms with Gasteiger partial charge >= 0.3 is 0 Å². The maximum Gasteiger partial charge on any atom is 0.275 e. The monoisotopic (exact) mass is 472 g/mol. The summed E-state index contributed by atoms with van der Waals surface area (Å²) >= 11 is 3.36. The SMILES string of the molecule is O=C1c2ccccc2C(=O)N1CC=CC1(CBr)OCC(c2ccccc2[N+](=O)[O-])O1. The number of benzene rings is 2. The molecule has 2 heterocycles. The highest BCUT2D eigenvalue weighted by molar-refractivity contribution is 9.09. The molecule has 0 spiro atoms. The van der Waals surface area contributed by atoms with Crippen molar-refractivity contribution in [2.45, 2.75) is 11.9 Å². The van der Waals surface area contributed by atoms with Crippen LogP contribution in [0.4, 0.5) is 5.69 Å². The van der Waals surface area contributed by atoms with Gasteiger partial charge in [-0.15, -0.1) is 0 Å².